The molecule has 0 aromatic carbocycles. The predicted octanol–water partition coefficient (Wildman–Crippen LogP) is 3.50. The number of hydrogen-bond acceptors (Lipinski definition) is 14. The number of thioether (sulfide) groups is 1. The lowest BCUT2D eigenvalue weighted by Gasteiger charge is -2.49. The molecule has 52 heavy (non-hydrogen) atoms. The highest BCUT2D eigenvalue weighted by molar-refractivity contribution is 8.00. The van der Waals surface area contributed by atoms with Crippen molar-refractivity contribution in [2.75, 3.05) is 32.7 Å². The van der Waals surface area contributed by atoms with E-state index in [9.17, 15) is 28.8 Å². The molecule has 0 bridgehead atoms. The second-order valence-corrected chi connectivity index (χ2v) is 14.0. The lowest BCUT2D eigenvalue weighted by molar-refractivity contribution is -0.153. The molecular formula is C34H49N5O12S. The number of rotatable bonds is 20. The first-order valence-corrected chi connectivity index (χ1v) is 18.2. The van der Waals surface area contributed by atoms with Crippen LogP contribution in [0.3, 0.4) is 0 Å². The monoisotopic (exact) mass is 751 g/mol. The van der Waals surface area contributed by atoms with Gasteiger partial charge in [0.2, 0.25) is 5.71 Å². The van der Waals surface area contributed by atoms with Crippen LogP contribution in [-0.4, -0.2) is 102 Å². The third-order valence-electron chi connectivity index (χ3n) is 7.66. The number of ether oxygens (including phenoxy) is 4. The minimum atomic E-state index is -1.08. The van der Waals surface area contributed by atoms with E-state index in [0.717, 1.165) is 37.0 Å². The first-order chi connectivity index (χ1) is 24.8. The summed E-state index contributed by atoms with van der Waals surface area (Å²) in [6.45, 7) is 6.60. The number of hydrogen-bond donors (Lipinski definition) is 3. The summed E-state index contributed by atoms with van der Waals surface area (Å²) < 4.78 is 26.3. The highest BCUT2D eigenvalue weighted by atomic mass is 32.2. The zero-order valence-electron chi connectivity index (χ0n) is 30.2. The summed E-state index contributed by atoms with van der Waals surface area (Å²) in [6.07, 6.45) is 6.00. The van der Waals surface area contributed by atoms with Gasteiger partial charge in [-0.2, -0.15) is 0 Å². The number of amides is 4. The molecule has 0 radical (unpaired) electrons. The van der Waals surface area contributed by atoms with Crippen LogP contribution < -0.4 is 16.4 Å². The molecule has 2 aliphatic heterocycles. The Morgan fingerprint density at radius 1 is 1.06 bits per heavy atom. The van der Waals surface area contributed by atoms with Crippen LogP contribution in [-0.2, 0) is 43.0 Å². The van der Waals surface area contributed by atoms with E-state index in [0.29, 0.717) is 12.8 Å². The molecule has 0 aliphatic carbocycles. The summed E-state index contributed by atoms with van der Waals surface area (Å²) in [7, 11) is 1.25. The number of oxime groups is 1. The molecule has 18 heteroatoms. The Kier molecular flexibility index (Phi) is 16.3. The molecule has 3 atom stereocenters. The Morgan fingerprint density at radius 3 is 2.42 bits per heavy atom. The van der Waals surface area contributed by atoms with Gasteiger partial charge in [0.1, 0.15) is 42.5 Å². The molecule has 0 spiro atoms. The van der Waals surface area contributed by atoms with Crippen molar-refractivity contribution in [3.63, 3.8) is 0 Å². The van der Waals surface area contributed by atoms with Gasteiger partial charge in [-0.25, -0.2) is 19.2 Å². The molecule has 1 aromatic heterocycles. The number of carbonyl (C=O) groups excluding carboxylic acids is 6. The Labute approximate surface area is 306 Å². The van der Waals surface area contributed by atoms with Gasteiger partial charge in [0, 0.05) is 17.7 Å². The standard InChI is InChI=1S/C34H49N5O12S/c1-6-7-8-9-10-11-14-22(36-33(45)51-34(2,3)4)30(42)48-17-13-18-49-31(43)26-21(19-50-32(35)44)20-52-29-25(28(41)39(26)29)37-27(40)24(38-46-5)23-15-12-16-47-23/h12,15-16,22,25,29H,6-11,13-14,17-20H2,1-5H3,(H2,35,44)(H,36,45)(H,37,40)/b38-24-/t22?,25-,29-/m1/s1. The lowest BCUT2D eigenvalue weighted by atomic mass is 10.0. The van der Waals surface area contributed by atoms with Crippen LogP contribution in [0.15, 0.2) is 39.2 Å². The fourth-order valence-electron chi connectivity index (χ4n) is 5.25. The van der Waals surface area contributed by atoms with Gasteiger partial charge in [0.25, 0.3) is 11.8 Å². The molecule has 1 unspecified atom stereocenters. The SMILES string of the molecule is CCCCCCCCC(NC(=O)OC(C)(C)C)C(=O)OCCCOC(=O)C1=C(COC(N)=O)CS[C@@H]2[C@H](NC(=O)/C(=N\OC)c3ccco3)C(=O)N12. The van der Waals surface area contributed by atoms with Crippen molar-refractivity contribution in [3.8, 4) is 0 Å². The van der Waals surface area contributed by atoms with Crippen LogP contribution in [0.25, 0.3) is 0 Å². The number of carbonyl (C=O) groups is 6. The quantitative estimate of drug-likeness (QED) is 0.0434. The average Bonchev–Trinajstić information content (AvgIpc) is 3.62. The van der Waals surface area contributed by atoms with Crippen molar-refractivity contribution in [2.45, 2.75) is 102 Å². The summed E-state index contributed by atoms with van der Waals surface area (Å²) in [5.74, 6) is -2.62. The van der Waals surface area contributed by atoms with Crippen molar-refractivity contribution in [1.29, 1.82) is 0 Å². The number of primary amides is 1. The highest BCUT2D eigenvalue weighted by Gasteiger charge is 2.55. The average molecular weight is 752 g/mol. The van der Waals surface area contributed by atoms with Gasteiger partial charge >= 0.3 is 24.1 Å². The number of furan rings is 1. The van der Waals surface area contributed by atoms with Gasteiger partial charge in [-0.15, -0.1) is 11.8 Å². The van der Waals surface area contributed by atoms with Crippen molar-refractivity contribution in [1.82, 2.24) is 15.5 Å². The fraction of sp³-hybridized carbons (Fsp3) is 0.618. The molecule has 1 saturated heterocycles. The van der Waals surface area contributed by atoms with E-state index in [4.69, 9.17) is 33.9 Å². The van der Waals surface area contributed by atoms with Crippen LogP contribution >= 0.6 is 11.8 Å². The van der Waals surface area contributed by atoms with E-state index >= 15 is 0 Å². The number of nitrogens with one attached hydrogen (secondary N) is 2. The van der Waals surface area contributed by atoms with Crippen molar-refractivity contribution in [2.24, 2.45) is 10.9 Å². The fourth-order valence-corrected chi connectivity index (χ4v) is 6.57. The van der Waals surface area contributed by atoms with Crippen LogP contribution in [0.5, 0.6) is 0 Å². The second kappa shape index (κ2) is 20.3. The molecule has 4 amide bonds. The van der Waals surface area contributed by atoms with Crippen LogP contribution in [0, 0.1) is 0 Å². The molecule has 3 rings (SSSR count). The Balaban J connectivity index is 1.59. The highest BCUT2D eigenvalue weighted by Crippen LogP contribution is 2.40. The Morgan fingerprint density at radius 2 is 1.77 bits per heavy atom. The third-order valence-corrected chi connectivity index (χ3v) is 9.00. The second-order valence-electron chi connectivity index (χ2n) is 12.9. The molecule has 1 fully saturated rings. The largest absolute Gasteiger partial charge is 0.464 e. The summed E-state index contributed by atoms with van der Waals surface area (Å²) in [5, 5.41) is 8.21. The zero-order valence-corrected chi connectivity index (χ0v) is 31.0. The van der Waals surface area contributed by atoms with Gasteiger partial charge in [0.05, 0.1) is 19.5 Å². The normalized spacial score (nSPS) is 17.7. The van der Waals surface area contributed by atoms with Gasteiger partial charge in [-0.3, -0.25) is 14.5 Å². The topological polar surface area (TPSA) is 227 Å². The van der Waals surface area contributed by atoms with Gasteiger partial charge in [0.15, 0.2) is 5.76 Å². The maximum atomic E-state index is 13.4. The van der Waals surface area contributed by atoms with Crippen LogP contribution in [0.4, 0.5) is 9.59 Å². The predicted molar refractivity (Wildman–Crippen MR) is 188 cm³/mol. The number of esters is 2. The minimum absolute atomic E-state index is 0.104. The van der Waals surface area contributed by atoms with E-state index in [1.807, 2.05) is 0 Å². The number of nitrogens with two attached hydrogens (primary N) is 1. The number of unbranched alkanes of at least 4 members (excludes halogenated alkanes) is 5. The van der Waals surface area contributed by atoms with Gasteiger partial charge < -0.3 is 44.6 Å². The first-order valence-electron chi connectivity index (χ1n) is 17.1. The number of fused-ring (bicyclic) bond motifs is 1. The maximum Gasteiger partial charge on any atom is 0.408 e. The lowest BCUT2D eigenvalue weighted by Crippen LogP contribution is -2.71. The zero-order chi connectivity index (χ0) is 38.3. The molecule has 1 aromatic rings. The van der Waals surface area contributed by atoms with Crippen molar-refractivity contribution < 1.29 is 57.0 Å². The summed E-state index contributed by atoms with van der Waals surface area (Å²) in [6, 6.07) is 1.11. The number of alkyl carbamates (subject to hydrolysis) is 1. The number of β-lactam (4-membered cyclic amide) rings is 1. The van der Waals surface area contributed by atoms with Crippen LogP contribution in [0.2, 0.25) is 0 Å². The van der Waals surface area contributed by atoms with E-state index < -0.39 is 59.0 Å². The molecular weight excluding hydrogens is 702 g/mol. The van der Waals surface area contributed by atoms with E-state index in [-0.39, 0.29) is 54.7 Å². The Bertz CT molecular complexity index is 1470. The van der Waals surface area contributed by atoms with E-state index in [1.165, 1.54) is 31.2 Å². The maximum absolute atomic E-state index is 13.4. The smallest absolute Gasteiger partial charge is 0.408 e. The van der Waals surface area contributed by atoms with Crippen molar-refractivity contribution >= 4 is 53.4 Å². The first kappa shape index (κ1) is 41.7. The minimum Gasteiger partial charge on any atom is -0.464 e. The third kappa shape index (κ3) is 12.5. The van der Waals surface area contributed by atoms with Crippen LogP contribution in [0.1, 0.15) is 84.8 Å². The molecule has 17 nitrogen and oxygen atoms in total. The molecule has 3 heterocycles. The van der Waals surface area contributed by atoms with Crippen molar-refractivity contribution in [3.05, 3.63) is 35.4 Å². The molecule has 288 valence electrons. The summed E-state index contributed by atoms with van der Waals surface area (Å²) >= 11 is 1.23. The summed E-state index contributed by atoms with van der Waals surface area (Å²) in [4.78, 5) is 82.3. The number of nitrogens with zero attached hydrogens (tertiary/aromatic N) is 2. The Hall–Kier alpha value is -4.74. The molecule has 2 aliphatic rings. The molecule has 4 N–H and O–H groups in total. The van der Waals surface area contributed by atoms with Gasteiger partial charge in [-0.1, -0.05) is 50.6 Å². The van der Waals surface area contributed by atoms with E-state index in [1.54, 1.807) is 26.8 Å². The van der Waals surface area contributed by atoms with Gasteiger partial charge in [-0.05, 0) is 39.3 Å². The molecule has 0 saturated carbocycles. The summed E-state index contributed by atoms with van der Waals surface area (Å²) in [5.41, 5.74) is 4.32. The van der Waals surface area contributed by atoms with E-state index in [2.05, 4.69) is 22.7 Å².